The van der Waals surface area contributed by atoms with Gasteiger partial charge in [0.05, 0.1) is 23.3 Å². The van der Waals surface area contributed by atoms with E-state index in [4.69, 9.17) is 5.11 Å². The summed E-state index contributed by atoms with van der Waals surface area (Å²) >= 11 is 0. The summed E-state index contributed by atoms with van der Waals surface area (Å²) < 4.78 is 5.72. The fourth-order valence-corrected chi connectivity index (χ4v) is 2.08. The van der Waals surface area contributed by atoms with Gasteiger partial charge in [0, 0.05) is 0 Å². The zero-order valence-corrected chi connectivity index (χ0v) is 11.6. The lowest BCUT2D eigenvalue weighted by molar-refractivity contribution is 0.144. The number of aromatic nitrogens is 4. The highest BCUT2D eigenvalue weighted by Crippen LogP contribution is 2.14. The van der Waals surface area contributed by atoms with Crippen LogP contribution in [-0.4, -0.2) is 31.0 Å². The van der Waals surface area contributed by atoms with Gasteiger partial charge >= 0.3 is 6.16 Å². The number of hydrogen-bond donors (Lipinski definition) is 2. The molecule has 0 aliphatic heterocycles. The number of hydrogen-bond acceptors (Lipinski definition) is 5. The first kappa shape index (κ1) is 13.8. The minimum Gasteiger partial charge on any atom is -0.449 e. The van der Waals surface area contributed by atoms with Gasteiger partial charge in [0.2, 0.25) is 5.95 Å². The Labute approximate surface area is 124 Å². The quantitative estimate of drug-likeness (QED) is 0.713. The van der Waals surface area contributed by atoms with Crippen LogP contribution in [0.1, 0.15) is 12.5 Å². The number of aromatic amines is 1. The summed E-state index contributed by atoms with van der Waals surface area (Å²) in [5, 5.41) is 13.0. The number of aryl methyl sites for hydroxylation is 1. The minimum absolute atomic E-state index is 0.0385. The van der Waals surface area contributed by atoms with Crippen LogP contribution < -0.4 is 10.3 Å². The molecule has 0 amide bonds. The zero-order chi connectivity index (χ0) is 15.7. The highest BCUT2D eigenvalue weighted by Gasteiger charge is 2.09. The predicted octanol–water partition coefficient (Wildman–Crippen LogP) is 1.73. The van der Waals surface area contributed by atoms with Gasteiger partial charge in [0.1, 0.15) is 0 Å². The molecule has 0 atom stereocenters. The van der Waals surface area contributed by atoms with Crippen LogP contribution in [0, 0.1) is 0 Å². The van der Waals surface area contributed by atoms with Crippen molar-refractivity contribution in [3.05, 3.63) is 46.5 Å². The second kappa shape index (κ2) is 5.32. The molecule has 0 aliphatic carbocycles. The minimum atomic E-state index is -1.44. The number of fused-ring (bicyclic) bond motifs is 1. The number of nitrogens with one attached hydrogen (secondary N) is 1. The van der Waals surface area contributed by atoms with Crippen LogP contribution in [0.5, 0.6) is 5.75 Å². The van der Waals surface area contributed by atoms with E-state index in [-0.39, 0.29) is 17.3 Å². The smallest absolute Gasteiger partial charge is 0.449 e. The van der Waals surface area contributed by atoms with E-state index in [0.717, 1.165) is 12.0 Å². The van der Waals surface area contributed by atoms with Crippen LogP contribution in [-0.2, 0) is 6.42 Å². The molecular formula is C14H12N4O4. The van der Waals surface area contributed by atoms with E-state index >= 15 is 0 Å². The van der Waals surface area contributed by atoms with Crippen molar-refractivity contribution in [3.63, 3.8) is 0 Å². The van der Waals surface area contributed by atoms with E-state index in [1.165, 1.54) is 17.1 Å². The number of nitrogens with zero attached hydrogens (tertiary/aromatic N) is 3. The molecule has 0 fully saturated rings. The SMILES string of the molecule is CCc1ccc2nc(-n3cc(OC(=O)O)cn3)[nH]c(=O)c2c1. The van der Waals surface area contributed by atoms with Gasteiger partial charge in [-0.15, -0.1) is 0 Å². The zero-order valence-electron chi connectivity index (χ0n) is 11.6. The van der Waals surface area contributed by atoms with Crippen molar-refractivity contribution in [2.45, 2.75) is 13.3 Å². The van der Waals surface area contributed by atoms with Crippen LogP contribution in [0.25, 0.3) is 16.9 Å². The van der Waals surface area contributed by atoms with Gasteiger partial charge in [-0.3, -0.25) is 9.78 Å². The average Bonchev–Trinajstić information content (AvgIpc) is 2.94. The summed E-state index contributed by atoms with van der Waals surface area (Å²) in [5.74, 6) is 0.221. The standard InChI is InChI=1S/C14H12N4O4/c1-2-8-3-4-11-10(5-8)12(19)17-13(16-11)18-7-9(6-15-18)22-14(20)21/h3-7H,2H2,1H3,(H,20,21)(H,16,17,19). The molecule has 2 N–H and O–H groups in total. The number of benzene rings is 1. The number of ether oxygens (including phenoxy) is 1. The molecular weight excluding hydrogens is 288 g/mol. The van der Waals surface area contributed by atoms with Crippen molar-refractivity contribution in [3.8, 4) is 11.7 Å². The maximum Gasteiger partial charge on any atom is 0.511 e. The summed E-state index contributed by atoms with van der Waals surface area (Å²) in [5.41, 5.74) is 1.29. The first-order valence-electron chi connectivity index (χ1n) is 6.55. The molecule has 0 saturated carbocycles. The van der Waals surface area contributed by atoms with Crippen LogP contribution in [0.4, 0.5) is 4.79 Å². The fourth-order valence-electron chi connectivity index (χ4n) is 2.08. The molecule has 0 radical (unpaired) electrons. The predicted molar refractivity (Wildman–Crippen MR) is 77.5 cm³/mol. The third-order valence-electron chi connectivity index (χ3n) is 3.15. The second-order valence-corrected chi connectivity index (χ2v) is 4.58. The van der Waals surface area contributed by atoms with E-state index in [0.29, 0.717) is 10.9 Å². The van der Waals surface area contributed by atoms with Crippen molar-refractivity contribution in [1.29, 1.82) is 0 Å². The Morgan fingerprint density at radius 1 is 1.45 bits per heavy atom. The molecule has 3 aromatic rings. The Balaban J connectivity index is 2.06. The molecule has 2 heterocycles. The first-order valence-corrected chi connectivity index (χ1v) is 6.55. The van der Waals surface area contributed by atoms with Crippen LogP contribution in [0.2, 0.25) is 0 Å². The van der Waals surface area contributed by atoms with E-state index in [2.05, 4.69) is 19.8 Å². The van der Waals surface area contributed by atoms with E-state index in [1.807, 2.05) is 13.0 Å². The highest BCUT2D eigenvalue weighted by atomic mass is 16.7. The van der Waals surface area contributed by atoms with Gasteiger partial charge in [0.25, 0.3) is 5.56 Å². The third-order valence-corrected chi connectivity index (χ3v) is 3.15. The highest BCUT2D eigenvalue weighted by molar-refractivity contribution is 5.78. The maximum atomic E-state index is 12.2. The summed E-state index contributed by atoms with van der Waals surface area (Å²) in [7, 11) is 0. The van der Waals surface area contributed by atoms with Gasteiger partial charge < -0.3 is 9.84 Å². The molecule has 22 heavy (non-hydrogen) atoms. The van der Waals surface area contributed by atoms with Crippen molar-refractivity contribution < 1.29 is 14.6 Å². The molecule has 8 heteroatoms. The molecule has 112 valence electrons. The summed E-state index contributed by atoms with van der Waals surface area (Å²) in [6.45, 7) is 2.00. The summed E-state index contributed by atoms with van der Waals surface area (Å²) in [6.07, 6.45) is 1.93. The maximum absolute atomic E-state index is 12.2. The molecule has 8 nitrogen and oxygen atoms in total. The fraction of sp³-hybridized carbons (Fsp3) is 0.143. The van der Waals surface area contributed by atoms with E-state index in [1.54, 1.807) is 12.1 Å². The monoisotopic (exact) mass is 300 g/mol. The Morgan fingerprint density at radius 2 is 2.27 bits per heavy atom. The molecule has 0 aliphatic rings. The van der Waals surface area contributed by atoms with Gasteiger partial charge in [-0.2, -0.15) is 5.10 Å². The van der Waals surface area contributed by atoms with Gasteiger partial charge in [0.15, 0.2) is 5.75 Å². The van der Waals surface area contributed by atoms with E-state index in [9.17, 15) is 9.59 Å². The van der Waals surface area contributed by atoms with Gasteiger partial charge in [-0.25, -0.2) is 14.5 Å². The number of rotatable bonds is 3. The number of H-pyrrole nitrogens is 1. The molecule has 0 bridgehead atoms. The topological polar surface area (TPSA) is 110 Å². The lowest BCUT2D eigenvalue weighted by atomic mass is 10.1. The number of carbonyl (C=O) groups is 1. The second-order valence-electron chi connectivity index (χ2n) is 4.58. The Kier molecular flexibility index (Phi) is 3.34. The summed E-state index contributed by atoms with van der Waals surface area (Å²) in [6, 6.07) is 5.47. The normalized spacial score (nSPS) is 10.8. The van der Waals surface area contributed by atoms with Crippen LogP contribution in [0.15, 0.2) is 35.4 Å². The molecule has 0 saturated heterocycles. The van der Waals surface area contributed by atoms with Gasteiger partial charge in [-0.05, 0) is 24.1 Å². The lowest BCUT2D eigenvalue weighted by Gasteiger charge is -2.04. The van der Waals surface area contributed by atoms with Crippen molar-refractivity contribution in [2.75, 3.05) is 0 Å². The number of carboxylic acid groups (broad SMARTS) is 1. The van der Waals surface area contributed by atoms with Crippen molar-refractivity contribution >= 4 is 17.1 Å². The van der Waals surface area contributed by atoms with E-state index < -0.39 is 6.16 Å². The third kappa shape index (κ3) is 2.53. The Morgan fingerprint density at radius 3 is 3.00 bits per heavy atom. The van der Waals surface area contributed by atoms with Crippen molar-refractivity contribution in [1.82, 2.24) is 19.7 Å². The molecule has 2 aromatic heterocycles. The van der Waals surface area contributed by atoms with Crippen LogP contribution >= 0.6 is 0 Å². The van der Waals surface area contributed by atoms with Crippen molar-refractivity contribution in [2.24, 2.45) is 0 Å². The molecule has 0 spiro atoms. The molecule has 3 rings (SSSR count). The first-order chi connectivity index (χ1) is 10.6. The summed E-state index contributed by atoms with van der Waals surface area (Å²) in [4.78, 5) is 29.6. The Hall–Kier alpha value is -3.16. The molecule has 1 aromatic carbocycles. The largest absolute Gasteiger partial charge is 0.511 e. The average molecular weight is 300 g/mol. The van der Waals surface area contributed by atoms with Crippen LogP contribution in [0.3, 0.4) is 0 Å². The molecule has 0 unspecified atom stereocenters. The Bertz CT molecular complexity index is 913. The lowest BCUT2D eigenvalue weighted by Crippen LogP contribution is -2.14. The van der Waals surface area contributed by atoms with Gasteiger partial charge in [-0.1, -0.05) is 13.0 Å².